The number of nitrogens with zero attached hydrogens (tertiary/aromatic N) is 2. The standard InChI is InChI=1S/C23H32N4O2S/c1-3-24-23(27(2)15-13-21-5-4-16-30-21)25-14-12-18-6-10-20(11-7-18)29-17-22(28)26-19-8-9-19/h4-7,10-11,16,19H,3,8-9,12-15,17H2,1-2H3,(H,24,25)(H,26,28). The molecule has 1 aliphatic rings. The number of benzene rings is 1. The van der Waals surface area contributed by atoms with Crippen molar-refractivity contribution in [1.29, 1.82) is 0 Å². The number of ether oxygens (including phenoxy) is 1. The summed E-state index contributed by atoms with van der Waals surface area (Å²) in [5, 5.41) is 8.42. The van der Waals surface area contributed by atoms with Crippen LogP contribution >= 0.6 is 11.3 Å². The van der Waals surface area contributed by atoms with Gasteiger partial charge in [-0.2, -0.15) is 0 Å². The summed E-state index contributed by atoms with van der Waals surface area (Å²) in [5.74, 6) is 1.61. The number of guanidine groups is 1. The van der Waals surface area contributed by atoms with Crippen LogP contribution in [0, 0.1) is 0 Å². The minimum Gasteiger partial charge on any atom is -0.484 e. The summed E-state index contributed by atoms with van der Waals surface area (Å²) in [6, 6.07) is 12.6. The molecule has 0 spiro atoms. The molecule has 6 nitrogen and oxygen atoms in total. The number of amides is 1. The molecule has 0 unspecified atom stereocenters. The fourth-order valence-corrected chi connectivity index (χ4v) is 3.70. The van der Waals surface area contributed by atoms with Crippen molar-refractivity contribution in [3.63, 3.8) is 0 Å². The van der Waals surface area contributed by atoms with Crippen LogP contribution < -0.4 is 15.4 Å². The molecular weight excluding hydrogens is 396 g/mol. The van der Waals surface area contributed by atoms with Gasteiger partial charge in [0, 0.05) is 37.6 Å². The first-order valence-electron chi connectivity index (χ1n) is 10.7. The van der Waals surface area contributed by atoms with Gasteiger partial charge in [-0.05, 0) is 61.7 Å². The van der Waals surface area contributed by atoms with Gasteiger partial charge in [-0.3, -0.25) is 9.79 Å². The van der Waals surface area contributed by atoms with Crippen LogP contribution in [0.5, 0.6) is 5.75 Å². The Morgan fingerprint density at radius 3 is 2.70 bits per heavy atom. The molecule has 1 aliphatic carbocycles. The Hall–Kier alpha value is -2.54. The van der Waals surface area contributed by atoms with Gasteiger partial charge in [0.05, 0.1) is 0 Å². The third-order valence-corrected chi connectivity index (χ3v) is 5.80. The molecular formula is C23H32N4O2S. The zero-order valence-corrected chi connectivity index (χ0v) is 18.7. The Balaban J connectivity index is 1.42. The van der Waals surface area contributed by atoms with E-state index in [1.54, 1.807) is 11.3 Å². The van der Waals surface area contributed by atoms with Crippen LogP contribution in [0.25, 0.3) is 0 Å². The van der Waals surface area contributed by atoms with Gasteiger partial charge in [0.25, 0.3) is 5.91 Å². The van der Waals surface area contributed by atoms with Crippen LogP contribution in [0.15, 0.2) is 46.8 Å². The number of thiophene rings is 1. The molecule has 7 heteroatoms. The molecule has 0 atom stereocenters. The third-order valence-electron chi connectivity index (χ3n) is 4.87. The highest BCUT2D eigenvalue weighted by Gasteiger charge is 2.23. The molecule has 1 fully saturated rings. The minimum atomic E-state index is -0.0462. The molecule has 2 N–H and O–H groups in total. The molecule has 3 rings (SSSR count). The van der Waals surface area contributed by atoms with Gasteiger partial charge < -0.3 is 20.3 Å². The van der Waals surface area contributed by atoms with Crippen molar-refractivity contribution in [3.05, 3.63) is 52.2 Å². The van der Waals surface area contributed by atoms with Crippen molar-refractivity contribution >= 4 is 23.2 Å². The maximum atomic E-state index is 11.7. The zero-order valence-electron chi connectivity index (χ0n) is 17.9. The topological polar surface area (TPSA) is 66.0 Å². The normalized spacial score (nSPS) is 13.7. The second-order valence-electron chi connectivity index (χ2n) is 7.51. The molecule has 1 aromatic carbocycles. The second-order valence-corrected chi connectivity index (χ2v) is 8.54. The van der Waals surface area contributed by atoms with Gasteiger partial charge in [0.2, 0.25) is 0 Å². The highest BCUT2D eigenvalue weighted by molar-refractivity contribution is 7.09. The zero-order chi connectivity index (χ0) is 21.2. The van der Waals surface area contributed by atoms with Crippen molar-refractivity contribution < 1.29 is 9.53 Å². The number of aliphatic imine (C=N–C) groups is 1. The first-order valence-corrected chi connectivity index (χ1v) is 11.5. The fraction of sp³-hybridized carbons (Fsp3) is 0.478. The number of rotatable bonds is 11. The largest absolute Gasteiger partial charge is 0.484 e. The monoisotopic (exact) mass is 428 g/mol. The number of nitrogens with one attached hydrogen (secondary N) is 2. The molecule has 0 aliphatic heterocycles. The third kappa shape index (κ3) is 7.71. The predicted octanol–water partition coefficient (Wildman–Crippen LogP) is 3.09. The summed E-state index contributed by atoms with van der Waals surface area (Å²) in [4.78, 5) is 20.1. The van der Waals surface area contributed by atoms with Gasteiger partial charge in [0.1, 0.15) is 5.75 Å². The lowest BCUT2D eigenvalue weighted by molar-refractivity contribution is -0.123. The molecule has 0 radical (unpaired) electrons. The van der Waals surface area contributed by atoms with E-state index in [1.807, 2.05) is 24.3 Å². The molecule has 2 aromatic rings. The maximum absolute atomic E-state index is 11.7. The van der Waals surface area contributed by atoms with Crippen LogP contribution in [0.3, 0.4) is 0 Å². The SMILES string of the molecule is CCNC(=NCCc1ccc(OCC(=O)NC2CC2)cc1)N(C)CCc1cccs1. The van der Waals surface area contributed by atoms with E-state index >= 15 is 0 Å². The number of hydrogen-bond acceptors (Lipinski definition) is 4. The molecule has 1 amide bonds. The summed E-state index contributed by atoms with van der Waals surface area (Å²) in [5.41, 5.74) is 1.20. The summed E-state index contributed by atoms with van der Waals surface area (Å²) < 4.78 is 5.56. The van der Waals surface area contributed by atoms with E-state index in [0.717, 1.165) is 57.0 Å². The van der Waals surface area contributed by atoms with Crippen LogP contribution in [0.2, 0.25) is 0 Å². The van der Waals surface area contributed by atoms with E-state index in [4.69, 9.17) is 9.73 Å². The van der Waals surface area contributed by atoms with Crippen LogP contribution in [-0.4, -0.2) is 56.1 Å². The molecule has 1 heterocycles. The summed E-state index contributed by atoms with van der Waals surface area (Å²) in [7, 11) is 2.08. The van der Waals surface area contributed by atoms with Crippen molar-refractivity contribution in [2.45, 2.75) is 38.6 Å². The Morgan fingerprint density at radius 2 is 2.03 bits per heavy atom. The Labute approximate surface area is 183 Å². The van der Waals surface area contributed by atoms with Gasteiger partial charge >= 0.3 is 0 Å². The van der Waals surface area contributed by atoms with Crippen LogP contribution in [0.1, 0.15) is 30.2 Å². The molecule has 0 saturated heterocycles. The lowest BCUT2D eigenvalue weighted by Gasteiger charge is -2.21. The summed E-state index contributed by atoms with van der Waals surface area (Å²) in [6.07, 6.45) is 4.06. The average Bonchev–Trinajstić information content (AvgIpc) is 3.40. The lowest BCUT2D eigenvalue weighted by atomic mass is 10.1. The molecule has 30 heavy (non-hydrogen) atoms. The van der Waals surface area contributed by atoms with Gasteiger partial charge in [-0.15, -0.1) is 11.3 Å². The Kier molecular flexibility index (Phi) is 8.56. The smallest absolute Gasteiger partial charge is 0.258 e. The van der Waals surface area contributed by atoms with Crippen molar-refractivity contribution in [2.24, 2.45) is 4.99 Å². The van der Waals surface area contributed by atoms with Gasteiger partial charge in [-0.25, -0.2) is 0 Å². The Bertz CT molecular complexity index is 801. The molecule has 162 valence electrons. The quantitative estimate of drug-likeness (QED) is 0.426. The molecule has 1 saturated carbocycles. The van der Waals surface area contributed by atoms with Gasteiger partial charge in [0.15, 0.2) is 12.6 Å². The van der Waals surface area contributed by atoms with E-state index in [9.17, 15) is 4.79 Å². The molecule has 1 aromatic heterocycles. The van der Waals surface area contributed by atoms with Gasteiger partial charge in [-0.1, -0.05) is 18.2 Å². The van der Waals surface area contributed by atoms with E-state index in [0.29, 0.717) is 6.04 Å². The lowest BCUT2D eigenvalue weighted by Crippen LogP contribution is -2.40. The van der Waals surface area contributed by atoms with Crippen molar-refractivity contribution in [1.82, 2.24) is 15.5 Å². The minimum absolute atomic E-state index is 0.0462. The first kappa shape index (κ1) is 22.2. The predicted molar refractivity (Wildman–Crippen MR) is 123 cm³/mol. The summed E-state index contributed by atoms with van der Waals surface area (Å²) in [6.45, 7) is 4.67. The van der Waals surface area contributed by atoms with E-state index in [1.165, 1.54) is 10.4 Å². The van der Waals surface area contributed by atoms with E-state index in [2.05, 4.69) is 47.0 Å². The number of likely N-dealkylation sites (N-methyl/N-ethyl adjacent to an activating group) is 1. The van der Waals surface area contributed by atoms with Crippen molar-refractivity contribution in [2.75, 3.05) is 33.3 Å². The van der Waals surface area contributed by atoms with Crippen LogP contribution in [-0.2, 0) is 17.6 Å². The molecule has 0 bridgehead atoms. The van der Waals surface area contributed by atoms with Crippen molar-refractivity contribution in [3.8, 4) is 5.75 Å². The summed E-state index contributed by atoms with van der Waals surface area (Å²) >= 11 is 1.80. The second kappa shape index (κ2) is 11.6. The number of hydrogen-bond donors (Lipinski definition) is 2. The Morgan fingerprint density at radius 1 is 1.23 bits per heavy atom. The van der Waals surface area contributed by atoms with E-state index in [-0.39, 0.29) is 12.5 Å². The highest BCUT2D eigenvalue weighted by Crippen LogP contribution is 2.18. The van der Waals surface area contributed by atoms with E-state index < -0.39 is 0 Å². The maximum Gasteiger partial charge on any atom is 0.258 e. The fourth-order valence-electron chi connectivity index (χ4n) is 3.00. The average molecular weight is 429 g/mol. The number of carbonyl (C=O) groups excluding carboxylic acids is 1. The highest BCUT2D eigenvalue weighted by atomic mass is 32.1. The van der Waals surface area contributed by atoms with Crippen LogP contribution in [0.4, 0.5) is 0 Å². The number of carbonyl (C=O) groups is 1. The first-order chi connectivity index (χ1) is 14.6.